The van der Waals surface area contributed by atoms with Gasteiger partial charge in [-0.3, -0.25) is 14.5 Å². The van der Waals surface area contributed by atoms with E-state index in [-0.39, 0.29) is 30.0 Å². The summed E-state index contributed by atoms with van der Waals surface area (Å²) in [7, 11) is 0. The van der Waals surface area contributed by atoms with Crippen LogP contribution in [-0.2, 0) is 9.59 Å². The molecule has 0 saturated carbocycles. The quantitative estimate of drug-likeness (QED) is 0.826. The SMILES string of the molecule is Cc1ccnc(NC(=O)C2CCN(CC(=O)Nc3cc(F)cc(F)c3)CC2)c1. The third-order valence-electron chi connectivity index (χ3n) is 4.64. The van der Waals surface area contributed by atoms with Crippen LogP contribution in [-0.4, -0.2) is 41.3 Å². The summed E-state index contributed by atoms with van der Waals surface area (Å²) in [4.78, 5) is 30.5. The van der Waals surface area contributed by atoms with Crippen LogP contribution in [0, 0.1) is 24.5 Å². The molecule has 1 aliphatic rings. The lowest BCUT2D eigenvalue weighted by Gasteiger charge is -2.30. The van der Waals surface area contributed by atoms with Gasteiger partial charge < -0.3 is 10.6 Å². The van der Waals surface area contributed by atoms with E-state index in [1.165, 1.54) is 0 Å². The van der Waals surface area contributed by atoms with Gasteiger partial charge in [-0.15, -0.1) is 0 Å². The molecule has 28 heavy (non-hydrogen) atoms. The average Bonchev–Trinajstić information content (AvgIpc) is 2.61. The number of piperidine rings is 1. The lowest BCUT2D eigenvalue weighted by molar-refractivity contribution is -0.121. The van der Waals surface area contributed by atoms with Crippen LogP contribution < -0.4 is 10.6 Å². The van der Waals surface area contributed by atoms with E-state index in [4.69, 9.17) is 0 Å². The number of aryl methyl sites for hydroxylation is 1. The number of nitrogens with one attached hydrogen (secondary N) is 2. The fraction of sp³-hybridized carbons (Fsp3) is 0.350. The second-order valence-corrected chi connectivity index (χ2v) is 6.96. The fourth-order valence-corrected chi connectivity index (χ4v) is 3.22. The first kappa shape index (κ1) is 19.9. The first-order valence-corrected chi connectivity index (χ1v) is 9.11. The van der Waals surface area contributed by atoms with E-state index in [1.54, 1.807) is 6.20 Å². The highest BCUT2D eigenvalue weighted by Gasteiger charge is 2.26. The second-order valence-electron chi connectivity index (χ2n) is 6.96. The molecule has 1 fully saturated rings. The summed E-state index contributed by atoms with van der Waals surface area (Å²) in [5.74, 6) is -1.52. The molecule has 8 heteroatoms. The molecule has 2 heterocycles. The van der Waals surface area contributed by atoms with Gasteiger partial charge in [0.1, 0.15) is 17.5 Å². The lowest BCUT2D eigenvalue weighted by atomic mass is 9.96. The van der Waals surface area contributed by atoms with Crippen molar-refractivity contribution in [2.24, 2.45) is 5.92 Å². The van der Waals surface area contributed by atoms with Crippen molar-refractivity contribution < 1.29 is 18.4 Å². The van der Waals surface area contributed by atoms with Crippen molar-refractivity contribution in [3.05, 3.63) is 53.7 Å². The Bertz CT molecular complexity index is 847. The number of aromatic nitrogens is 1. The number of carbonyl (C=O) groups is 2. The first-order valence-electron chi connectivity index (χ1n) is 9.11. The molecule has 6 nitrogen and oxygen atoms in total. The number of pyridine rings is 1. The van der Waals surface area contributed by atoms with E-state index >= 15 is 0 Å². The molecule has 3 rings (SSSR count). The third-order valence-corrected chi connectivity index (χ3v) is 4.64. The zero-order chi connectivity index (χ0) is 20.1. The van der Waals surface area contributed by atoms with Crippen molar-refractivity contribution >= 4 is 23.3 Å². The Kier molecular flexibility index (Phi) is 6.30. The Morgan fingerprint density at radius 1 is 1.11 bits per heavy atom. The number of likely N-dealkylation sites (tertiary alicyclic amines) is 1. The highest BCUT2D eigenvalue weighted by Crippen LogP contribution is 2.19. The van der Waals surface area contributed by atoms with Gasteiger partial charge in [0, 0.05) is 23.9 Å². The second kappa shape index (κ2) is 8.88. The molecule has 0 spiro atoms. The van der Waals surface area contributed by atoms with Crippen molar-refractivity contribution in [2.45, 2.75) is 19.8 Å². The van der Waals surface area contributed by atoms with Gasteiger partial charge >= 0.3 is 0 Å². The van der Waals surface area contributed by atoms with Crippen LogP contribution in [0.1, 0.15) is 18.4 Å². The third kappa shape index (κ3) is 5.56. The van der Waals surface area contributed by atoms with Gasteiger partial charge in [0.05, 0.1) is 6.54 Å². The van der Waals surface area contributed by atoms with Crippen molar-refractivity contribution in [3.8, 4) is 0 Å². The Balaban J connectivity index is 1.45. The smallest absolute Gasteiger partial charge is 0.238 e. The molecule has 1 aromatic carbocycles. The van der Waals surface area contributed by atoms with Gasteiger partial charge in [0.15, 0.2) is 0 Å². The molecule has 0 aliphatic carbocycles. The predicted molar refractivity (Wildman–Crippen MR) is 102 cm³/mol. The van der Waals surface area contributed by atoms with E-state index in [0.717, 1.165) is 23.8 Å². The van der Waals surface area contributed by atoms with Gasteiger partial charge in [-0.1, -0.05) is 0 Å². The summed E-state index contributed by atoms with van der Waals surface area (Å²) < 4.78 is 26.4. The number of rotatable bonds is 5. The summed E-state index contributed by atoms with van der Waals surface area (Å²) in [5, 5.41) is 5.33. The summed E-state index contributed by atoms with van der Waals surface area (Å²) in [6.07, 6.45) is 2.90. The van der Waals surface area contributed by atoms with Gasteiger partial charge in [0.2, 0.25) is 11.8 Å². The van der Waals surface area contributed by atoms with Crippen LogP contribution in [0.3, 0.4) is 0 Å². The van der Waals surface area contributed by atoms with Crippen molar-refractivity contribution in [1.82, 2.24) is 9.88 Å². The predicted octanol–water partition coefficient (Wildman–Crippen LogP) is 2.96. The Morgan fingerprint density at radius 3 is 2.43 bits per heavy atom. The Morgan fingerprint density at radius 2 is 1.79 bits per heavy atom. The minimum atomic E-state index is -0.745. The number of hydrogen-bond acceptors (Lipinski definition) is 4. The largest absolute Gasteiger partial charge is 0.325 e. The zero-order valence-electron chi connectivity index (χ0n) is 15.5. The molecule has 1 saturated heterocycles. The molecule has 2 aromatic rings. The number of benzene rings is 1. The maximum absolute atomic E-state index is 13.2. The molecule has 0 atom stereocenters. The highest BCUT2D eigenvalue weighted by molar-refractivity contribution is 5.93. The van der Waals surface area contributed by atoms with Crippen LogP contribution in [0.15, 0.2) is 36.5 Å². The summed E-state index contributed by atoms with van der Waals surface area (Å²) in [6, 6.07) is 6.55. The van der Waals surface area contributed by atoms with Crippen molar-refractivity contribution in [1.29, 1.82) is 0 Å². The van der Waals surface area contributed by atoms with Gasteiger partial charge in [-0.25, -0.2) is 13.8 Å². The minimum Gasteiger partial charge on any atom is -0.325 e. The minimum absolute atomic E-state index is 0.0718. The highest BCUT2D eigenvalue weighted by atomic mass is 19.1. The van der Waals surface area contributed by atoms with Gasteiger partial charge in [-0.2, -0.15) is 0 Å². The van der Waals surface area contributed by atoms with Crippen molar-refractivity contribution in [3.63, 3.8) is 0 Å². The molecule has 2 amide bonds. The monoisotopic (exact) mass is 388 g/mol. The zero-order valence-corrected chi connectivity index (χ0v) is 15.5. The number of hydrogen-bond donors (Lipinski definition) is 2. The van der Waals surface area contributed by atoms with Crippen LogP contribution in [0.2, 0.25) is 0 Å². The number of nitrogens with zero attached hydrogens (tertiary/aromatic N) is 2. The van der Waals surface area contributed by atoms with Gasteiger partial charge in [-0.05, 0) is 62.7 Å². The topological polar surface area (TPSA) is 74.3 Å². The molecule has 0 bridgehead atoms. The summed E-state index contributed by atoms with van der Waals surface area (Å²) in [6.45, 7) is 3.21. The standard InChI is InChI=1S/C20H22F2N4O2/c1-13-2-5-23-18(8-13)25-20(28)14-3-6-26(7-4-14)12-19(27)24-17-10-15(21)9-16(22)11-17/h2,5,8-11,14H,3-4,6-7,12H2,1H3,(H,24,27)(H,23,25,28). The summed E-state index contributed by atoms with van der Waals surface area (Å²) >= 11 is 0. The van der Waals surface area contributed by atoms with E-state index in [2.05, 4.69) is 15.6 Å². The molecular weight excluding hydrogens is 366 g/mol. The normalized spacial score (nSPS) is 15.2. The maximum atomic E-state index is 13.2. The maximum Gasteiger partial charge on any atom is 0.238 e. The van der Waals surface area contributed by atoms with E-state index in [1.807, 2.05) is 24.0 Å². The molecule has 0 unspecified atom stereocenters. The number of halogens is 2. The number of anilines is 2. The van der Waals surface area contributed by atoms with E-state index in [9.17, 15) is 18.4 Å². The van der Waals surface area contributed by atoms with Crippen LogP contribution in [0.5, 0.6) is 0 Å². The molecule has 1 aliphatic heterocycles. The Labute approximate surface area is 162 Å². The fourth-order valence-electron chi connectivity index (χ4n) is 3.22. The molecule has 0 radical (unpaired) electrons. The first-order chi connectivity index (χ1) is 13.4. The van der Waals surface area contributed by atoms with Crippen molar-refractivity contribution in [2.75, 3.05) is 30.3 Å². The van der Waals surface area contributed by atoms with Crippen LogP contribution in [0.25, 0.3) is 0 Å². The van der Waals surface area contributed by atoms with E-state index < -0.39 is 11.6 Å². The van der Waals surface area contributed by atoms with E-state index in [0.29, 0.717) is 31.7 Å². The summed E-state index contributed by atoms with van der Waals surface area (Å²) in [5.41, 5.74) is 1.10. The Hall–Kier alpha value is -2.87. The lowest BCUT2D eigenvalue weighted by Crippen LogP contribution is -2.41. The average molecular weight is 388 g/mol. The van der Waals surface area contributed by atoms with Crippen LogP contribution in [0.4, 0.5) is 20.3 Å². The van der Waals surface area contributed by atoms with Gasteiger partial charge in [0.25, 0.3) is 0 Å². The molecule has 148 valence electrons. The number of carbonyl (C=O) groups excluding carboxylic acids is 2. The number of amides is 2. The molecular formula is C20H22F2N4O2. The molecule has 1 aromatic heterocycles. The van der Waals surface area contributed by atoms with Crippen LogP contribution >= 0.6 is 0 Å². The molecule has 2 N–H and O–H groups in total.